The van der Waals surface area contributed by atoms with Crippen molar-refractivity contribution in [1.29, 1.82) is 5.26 Å². The third-order valence-electron chi connectivity index (χ3n) is 4.36. The smallest absolute Gasteiger partial charge is 0.100 e. The standard InChI is InChI=1S/C12H19N3/c13-9-11-8-10-4-1-2-6-14(10)12-5-3-7-15(11)12/h10-12H,1-8H2/t10-,11+,12-/m1/s1. The maximum Gasteiger partial charge on any atom is 0.100 e. The number of fused-ring (bicyclic) bond motifs is 3. The molecule has 3 fully saturated rings. The Morgan fingerprint density at radius 3 is 2.73 bits per heavy atom. The van der Waals surface area contributed by atoms with Crippen LogP contribution in [-0.4, -0.2) is 41.1 Å². The Kier molecular flexibility index (Phi) is 2.42. The lowest BCUT2D eigenvalue weighted by Gasteiger charge is -2.49. The fourth-order valence-corrected chi connectivity index (χ4v) is 3.68. The van der Waals surface area contributed by atoms with Crippen LogP contribution in [0.2, 0.25) is 0 Å². The second-order valence-corrected chi connectivity index (χ2v) is 5.13. The molecule has 0 aromatic rings. The molecule has 0 unspecified atom stereocenters. The number of hydrogen-bond donors (Lipinski definition) is 0. The van der Waals surface area contributed by atoms with Gasteiger partial charge in [0, 0.05) is 12.6 Å². The molecule has 0 aromatic carbocycles. The summed E-state index contributed by atoms with van der Waals surface area (Å²) >= 11 is 0. The van der Waals surface area contributed by atoms with E-state index in [-0.39, 0.29) is 6.04 Å². The molecule has 0 amide bonds. The van der Waals surface area contributed by atoms with Crippen LogP contribution in [0.5, 0.6) is 0 Å². The van der Waals surface area contributed by atoms with Gasteiger partial charge in [-0.15, -0.1) is 0 Å². The first-order chi connectivity index (χ1) is 7.40. The molecule has 3 heteroatoms. The highest BCUT2D eigenvalue weighted by atomic mass is 15.4. The van der Waals surface area contributed by atoms with Crippen LogP contribution in [0.3, 0.4) is 0 Å². The van der Waals surface area contributed by atoms with E-state index in [0.29, 0.717) is 12.2 Å². The number of hydrogen-bond acceptors (Lipinski definition) is 3. The van der Waals surface area contributed by atoms with Gasteiger partial charge in [-0.05, 0) is 38.6 Å². The van der Waals surface area contributed by atoms with Crippen LogP contribution >= 0.6 is 0 Å². The van der Waals surface area contributed by atoms with E-state index in [1.807, 2.05) is 0 Å². The molecule has 3 aliphatic rings. The summed E-state index contributed by atoms with van der Waals surface area (Å²) in [6.45, 7) is 2.41. The number of piperidine rings is 1. The first-order valence-electron chi connectivity index (χ1n) is 6.31. The zero-order valence-corrected chi connectivity index (χ0v) is 9.23. The molecule has 3 rings (SSSR count). The van der Waals surface area contributed by atoms with Crippen molar-refractivity contribution in [2.45, 2.75) is 56.8 Å². The zero-order valence-electron chi connectivity index (χ0n) is 9.23. The average molecular weight is 205 g/mol. The van der Waals surface area contributed by atoms with Gasteiger partial charge in [0.25, 0.3) is 0 Å². The molecule has 3 heterocycles. The van der Waals surface area contributed by atoms with E-state index in [1.54, 1.807) is 0 Å². The normalized spacial score (nSPS) is 41.9. The van der Waals surface area contributed by atoms with Crippen LogP contribution in [-0.2, 0) is 0 Å². The highest BCUT2D eigenvalue weighted by Gasteiger charge is 2.43. The molecule has 3 saturated heterocycles. The van der Waals surface area contributed by atoms with Gasteiger partial charge >= 0.3 is 0 Å². The van der Waals surface area contributed by atoms with E-state index in [0.717, 1.165) is 13.0 Å². The number of nitrogens with zero attached hydrogens (tertiary/aromatic N) is 3. The summed E-state index contributed by atoms with van der Waals surface area (Å²) < 4.78 is 0. The van der Waals surface area contributed by atoms with Gasteiger partial charge in [0.1, 0.15) is 6.04 Å². The van der Waals surface area contributed by atoms with Crippen LogP contribution in [0.15, 0.2) is 0 Å². The lowest BCUT2D eigenvalue weighted by atomic mass is 9.92. The zero-order chi connectivity index (χ0) is 10.3. The quantitative estimate of drug-likeness (QED) is 0.601. The molecule has 3 atom stereocenters. The predicted molar refractivity (Wildman–Crippen MR) is 58.1 cm³/mol. The van der Waals surface area contributed by atoms with Crippen molar-refractivity contribution in [2.75, 3.05) is 13.1 Å². The van der Waals surface area contributed by atoms with Gasteiger partial charge in [0.2, 0.25) is 0 Å². The predicted octanol–water partition coefficient (Wildman–Crippen LogP) is 1.56. The highest BCUT2D eigenvalue weighted by Crippen LogP contribution is 2.36. The summed E-state index contributed by atoms with van der Waals surface area (Å²) in [6, 6.07) is 3.42. The molecule has 0 saturated carbocycles. The van der Waals surface area contributed by atoms with Crippen molar-refractivity contribution in [3.63, 3.8) is 0 Å². The molecule has 0 N–H and O–H groups in total. The van der Waals surface area contributed by atoms with Crippen LogP contribution in [0.25, 0.3) is 0 Å². The van der Waals surface area contributed by atoms with Gasteiger partial charge in [0.05, 0.1) is 12.2 Å². The van der Waals surface area contributed by atoms with E-state index in [1.165, 1.54) is 38.6 Å². The van der Waals surface area contributed by atoms with Crippen LogP contribution in [0, 0.1) is 11.3 Å². The van der Waals surface area contributed by atoms with Crippen molar-refractivity contribution >= 4 is 0 Å². The maximum absolute atomic E-state index is 9.22. The summed E-state index contributed by atoms with van der Waals surface area (Å²) in [5, 5.41) is 9.22. The minimum atomic E-state index is 0.205. The number of rotatable bonds is 0. The summed E-state index contributed by atoms with van der Waals surface area (Å²) in [4.78, 5) is 5.13. The Morgan fingerprint density at radius 2 is 1.87 bits per heavy atom. The van der Waals surface area contributed by atoms with Crippen molar-refractivity contribution in [1.82, 2.24) is 9.80 Å². The molecule has 0 radical (unpaired) electrons. The summed E-state index contributed by atoms with van der Waals surface area (Å²) in [5.74, 6) is 0. The Bertz CT molecular complexity index is 283. The van der Waals surface area contributed by atoms with Crippen molar-refractivity contribution < 1.29 is 0 Å². The first-order valence-corrected chi connectivity index (χ1v) is 6.31. The largest absolute Gasteiger partial charge is 0.285 e. The molecule has 3 nitrogen and oxygen atoms in total. The minimum Gasteiger partial charge on any atom is -0.285 e. The molecular weight excluding hydrogens is 186 g/mol. The molecule has 0 aliphatic carbocycles. The van der Waals surface area contributed by atoms with Crippen molar-refractivity contribution in [3.05, 3.63) is 0 Å². The summed E-state index contributed by atoms with van der Waals surface area (Å²) in [6.07, 6.45) is 8.31. The van der Waals surface area contributed by atoms with E-state index >= 15 is 0 Å². The monoisotopic (exact) mass is 205 g/mol. The van der Waals surface area contributed by atoms with Crippen LogP contribution in [0.4, 0.5) is 0 Å². The molecule has 0 bridgehead atoms. The maximum atomic E-state index is 9.22. The molecule has 3 aliphatic heterocycles. The van der Waals surface area contributed by atoms with Gasteiger partial charge < -0.3 is 0 Å². The highest BCUT2D eigenvalue weighted by molar-refractivity contribution is 5.04. The summed E-state index contributed by atoms with van der Waals surface area (Å²) in [7, 11) is 0. The van der Waals surface area contributed by atoms with Gasteiger partial charge in [0.15, 0.2) is 0 Å². The lowest BCUT2D eigenvalue weighted by Crippen LogP contribution is -2.60. The third-order valence-corrected chi connectivity index (χ3v) is 4.36. The Balaban J connectivity index is 1.83. The van der Waals surface area contributed by atoms with Crippen molar-refractivity contribution in [3.8, 4) is 6.07 Å². The van der Waals surface area contributed by atoms with E-state index in [4.69, 9.17) is 0 Å². The van der Waals surface area contributed by atoms with Crippen LogP contribution in [0.1, 0.15) is 38.5 Å². The Hall–Kier alpha value is -0.590. The second-order valence-electron chi connectivity index (χ2n) is 5.13. The van der Waals surface area contributed by atoms with Gasteiger partial charge in [-0.3, -0.25) is 9.80 Å². The van der Waals surface area contributed by atoms with Gasteiger partial charge in [-0.2, -0.15) is 5.26 Å². The summed E-state index contributed by atoms with van der Waals surface area (Å²) in [5.41, 5.74) is 0. The third kappa shape index (κ3) is 1.47. The Morgan fingerprint density at radius 1 is 1.00 bits per heavy atom. The van der Waals surface area contributed by atoms with E-state index in [2.05, 4.69) is 15.9 Å². The van der Waals surface area contributed by atoms with Crippen LogP contribution < -0.4 is 0 Å². The molecule has 82 valence electrons. The Labute approximate surface area is 91.6 Å². The topological polar surface area (TPSA) is 30.3 Å². The van der Waals surface area contributed by atoms with E-state index < -0.39 is 0 Å². The van der Waals surface area contributed by atoms with Gasteiger partial charge in [-0.1, -0.05) is 6.42 Å². The molecule has 0 aromatic heterocycles. The fourth-order valence-electron chi connectivity index (χ4n) is 3.68. The minimum absolute atomic E-state index is 0.205. The number of nitriles is 1. The fraction of sp³-hybridized carbons (Fsp3) is 0.917. The second kappa shape index (κ2) is 3.77. The van der Waals surface area contributed by atoms with Crippen molar-refractivity contribution in [2.24, 2.45) is 0 Å². The SMILES string of the molecule is N#C[C@@H]1C[C@H]2CCCCN2[C@H]2CCCN21. The molecular formula is C12H19N3. The first kappa shape index (κ1) is 9.62. The van der Waals surface area contributed by atoms with E-state index in [9.17, 15) is 5.26 Å². The lowest BCUT2D eigenvalue weighted by molar-refractivity contribution is -0.0445. The average Bonchev–Trinajstić information content (AvgIpc) is 2.77. The molecule has 0 spiro atoms. The van der Waals surface area contributed by atoms with Gasteiger partial charge in [-0.25, -0.2) is 0 Å². The molecule has 15 heavy (non-hydrogen) atoms.